The van der Waals surface area contributed by atoms with Gasteiger partial charge < -0.3 is 20.1 Å². The largest absolute Gasteiger partial charge is 0.491 e. The highest BCUT2D eigenvalue weighted by atomic mass is 16.5. The Balaban J connectivity index is 1.75. The molecule has 1 saturated heterocycles. The molecular formula is C20H20N2O4. The van der Waals surface area contributed by atoms with Crippen LogP contribution >= 0.6 is 0 Å². The van der Waals surface area contributed by atoms with Crippen LogP contribution < -0.4 is 15.4 Å². The second-order valence-electron chi connectivity index (χ2n) is 6.50. The highest BCUT2D eigenvalue weighted by Gasteiger charge is 2.32. The van der Waals surface area contributed by atoms with E-state index in [1.165, 1.54) is 0 Å². The topological polar surface area (TPSA) is 76.7 Å². The summed E-state index contributed by atoms with van der Waals surface area (Å²) in [6.45, 7) is 1.49. The minimum Gasteiger partial charge on any atom is -0.491 e. The quantitative estimate of drug-likeness (QED) is 0.878. The Kier molecular flexibility index (Phi) is 4.34. The van der Waals surface area contributed by atoms with Gasteiger partial charge in [-0.3, -0.25) is 9.59 Å². The number of amides is 2. The molecule has 2 aliphatic heterocycles. The normalized spacial score (nSPS) is 18.4. The van der Waals surface area contributed by atoms with Crippen LogP contribution in [0.5, 0.6) is 5.75 Å². The van der Waals surface area contributed by atoms with Gasteiger partial charge in [-0.05, 0) is 17.7 Å². The van der Waals surface area contributed by atoms with Gasteiger partial charge in [0.1, 0.15) is 5.75 Å². The van der Waals surface area contributed by atoms with Crippen molar-refractivity contribution in [3.8, 4) is 5.75 Å². The number of ether oxygens (including phenoxy) is 2. The summed E-state index contributed by atoms with van der Waals surface area (Å²) in [6, 6.07) is 13.4. The van der Waals surface area contributed by atoms with Crippen molar-refractivity contribution in [3.05, 3.63) is 64.7 Å². The van der Waals surface area contributed by atoms with Crippen molar-refractivity contribution in [2.24, 2.45) is 0 Å². The molecule has 2 heterocycles. The van der Waals surface area contributed by atoms with Gasteiger partial charge in [0.05, 0.1) is 31.4 Å². The molecule has 0 radical (unpaired) electrons. The summed E-state index contributed by atoms with van der Waals surface area (Å²) in [7, 11) is 1.57. The third-order valence-corrected chi connectivity index (χ3v) is 4.80. The summed E-state index contributed by atoms with van der Waals surface area (Å²) in [5.74, 6) is 0.0812. The summed E-state index contributed by atoms with van der Waals surface area (Å²) >= 11 is 0. The van der Waals surface area contributed by atoms with E-state index in [1.807, 2.05) is 36.4 Å². The standard InChI is InChI=1S/C20H20N2O4/c1-21-20(24)16-8-13(19(23)22-14-9-25-10-14)7-15-17(11-26-18(15)16)12-5-3-2-4-6-12/h2-8,14,17H,9-11H2,1H3,(H,21,24)(H,22,23). The molecule has 1 atom stereocenters. The Labute approximate surface area is 151 Å². The lowest BCUT2D eigenvalue weighted by molar-refractivity contribution is -0.00346. The summed E-state index contributed by atoms with van der Waals surface area (Å²) in [4.78, 5) is 25.0. The van der Waals surface area contributed by atoms with Gasteiger partial charge in [-0.1, -0.05) is 30.3 Å². The molecule has 2 aliphatic rings. The van der Waals surface area contributed by atoms with Gasteiger partial charge >= 0.3 is 0 Å². The fourth-order valence-corrected chi connectivity index (χ4v) is 3.31. The molecule has 0 bridgehead atoms. The number of rotatable bonds is 4. The van der Waals surface area contributed by atoms with Crippen LogP contribution in [0.1, 0.15) is 37.8 Å². The molecule has 1 unspecified atom stereocenters. The van der Waals surface area contributed by atoms with Crippen molar-refractivity contribution >= 4 is 11.8 Å². The lowest BCUT2D eigenvalue weighted by atomic mass is 9.90. The minimum atomic E-state index is -0.267. The number of nitrogens with one attached hydrogen (secondary N) is 2. The number of hydrogen-bond donors (Lipinski definition) is 2. The van der Waals surface area contributed by atoms with Gasteiger partial charge in [0.2, 0.25) is 0 Å². The van der Waals surface area contributed by atoms with E-state index in [0.29, 0.717) is 36.7 Å². The van der Waals surface area contributed by atoms with Gasteiger partial charge in [-0.2, -0.15) is 0 Å². The molecule has 26 heavy (non-hydrogen) atoms. The van der Waals surface area contributed by atoms with Crippen molar-refractivity contribution in [2.45, 2.75) is 12.0 Å². The molecule has 2 aromatic rings. The smallest absolute Gasteiger partial charge is 0.254 e. The first-order valence-electron chi connectivity index (χ1n) is 8.63. The lowest BCUT2D eigenvalue weighted by Crippen LogP contribution is -2.48. The second kappa shape index (κ2) is 6.80. The van der Waals surface area contributed by atoms with Gasteiger partial charge in [0, 0.05) is 24.1 Å². The van der Waals surface area contributed by atoms with E-state index in [2.05, 4.69) is 10.6 Å². The molecule has 0 saturated carbocycles. The molecule has 0 aliphatic carbocycles. The van der Waals surface area contributed by atoms with E-state index >= 15 is 0 Å². The van der Waals surface area contributed by atoms with Crippen LogP contribution in [0.3, 0.4) is 0 Å². The first-order chi connectivity index (χ1) is 12.7. The Morgan fingerprint density at radius 3 is 2.46 bits per heavy atom. The van der Waals surface area contributed by atoms with Crippen LogP contribution in [0.4, 0.5) is 0 Å². The number of carbonyl (C=O) groups is 2. The second-order valence-corrected chi connectivity index (χ2v) is 6.50. The zero-order chi connectivity index (χ0) is 18.1. The lowest BCUT2D eigenvalue weighted by Gasteiger charge is -2.27. The molecule has 4 rings (SSSR count). The molecule has 134 valence electrons. The fraction of sp³-hybridized carbons (Fsp3) is 0.300. The zero-order valence-corrected chi connectivity index (χ0v) is 14.5. The van der Waals surface area contributed by atoms with Crippen LogP contribution in [0.2, 0.25) is 0 Å². The van der Waals surface area contributed by atoms with E-state index in [-0.39, 0.29) is 23.8 Å². The molecule has 6 nitrogen and oxygen atoms in total. The number of benzene rings is 2. The third kappa shape index (κ3) is 2.93. The van der Waals surface area contributed by atoms with Crippen LogP contribution in [0.25, 0.3) is 0 Å². The highest BCUT2D eigenvalue weighted by Crippen LogP contribution is 2.41. The summed E-state index contributed by atoms with van der Waals surface area (Å²) < 4.78 is 11.0. The predicted molar refractivity (Wildman–Crippen MR) is 95.7 cm³/mol. The number of hydrogen-bond acceptors (Lipinski definition) is 4. The third-order valence-electron chi connectivity index (χ3n) is 4.80. The van der Waals surface area contributed by atoms with Crippen molar-refractivity contribution in [3.63, 3.8) is 0 Å². The summed E-state index contributed by atoms with van der Waals surface area (Å²) in [6.07, 6.45) is 0. The predicted octanol–water partition coefficient (Wildman–Crippen LogP) is 1.70. The Hall–Kier alpha value is -2.86. The van der Waals surface area contributed by atoms with Crippen molar-refractivity contribution in [2.75, 3.05) is 26.9 Å². The Morgan fingerprint density at radius 1 is 1.04 bits per heavy atom. The minimum absolute atomic E-state index is 0.00519. The maximum Gasteiger partial charge on any atom is 0.254 e. The molecule has 2 amide bonds. The van der Waals surface area contributed by atoms with Crippen LogP contribution in [-0.4, -0.2) is 44.7 Å². The molecular weight excluding hydrogens is 332 g/mol. The highest BCUT2D eigenvalue weighted by molar-refractivity contribution is 6.02. The van der Waals surface area contributed by atoms with Crippen molar-refractivity contribution in [1.82, 2.24) is 10.6 Å². The van der Waals surface area contributed by atoms with Crippen LogP contribution in [0, 0.1) is 0 Å². The first kappa shape index (κ1) is 16.6. The van der Waals surface area contributed by atoms with Gasteiger partial charge in [-0.15, -0.1) is 0 Å². The van der Waals surface area contributed by atoms with Gasteiger partial charge in [-0.25, -0.2) is 0 Å². The number of fused-ring (bicyclic) bond motifs is 1. The molecule has 0 spiro atoms. The zero-order valence-electron chi connectivity index (χ0n) is 14.5. The Morgan fingerprint density at radius 2 is 1.81 bits per heavy atom. The van der Waals surface area contributed by atoms with Crippen LogP contribution in [0.15, 0.2) is 42.5 Å². The SMILES string of the molecule is CNC(=O)c1cc(C(=O)NC2COC2)cc2c1OCC2c1ccccc1. The van der Waals surface area contributed by atoms with Crippen molar-refractivity contribution < 1.29 is 19.1 Å². The molecule has 1 fully saturated rings. The monoisotopic (exact) mass is 352 g/mol. The molecule has 6 heteroatoms. The maximum atomic E-state index is 12.6. The van der Waals surface area contributed by atoms with Crippen LogP contribution in [-0.2, 0) is 4.74 Å². The number of carbonyl (C=O) groups excluding carboxylic acids is 2. The first-order valence-corrected chi connectivity index (χ1v) is 8.63. The van der Waals surface area contributed by atoms with Gasteiger partial charge in [0.15, 0.2) is 0 Å². The summed E-state index contributed by atoms with van der Waals surface area (Å²) in [5.41, 5.74) is 2.81. The van der Waals surface area contributed by atoms with Gasteiger partial charge in [0.25, 0.3) is 11.8 Å². The van der Waals surface area contributed by atoms with E-state index < -0.39 is 0 Å². The molecule has 2 N–H and O–H groups in total. The van der Waals surface area contributed by atoms with E-state index in [1.54, 1.807) is 13.1 Å². The molecule has 0 aromatic heterocycles. The van der Waals surface area contributed by atoms with Crippen molar-refractivity contribution in [1.29, 1.82) is 0 Å². The van der Waals surface area contributed by atoms with E-state index in [0.717, 1.165) is 11.1 Å². The summed E-state index contributed by atoms with van der Waals surface area (Å²) in [5, 5.41) is 5.55. The Bertz CT molecular complexity index is 846. The average Bonchev–Trinajstić information content (AvgIpc) is 3.07. The maximum absolute atomic E-state index is 12.6. The van der Waals surface area contributed by atoms with E-state index in [9.17, 15) is 9.59 Å². The fourth-order valence-electron chi connectivity index (χ4n) is 3.31. The average molecular weight is 352 g/mol. The molecule has 2 aromatic carbocycles. The van der Waals surface area contributed by atoms with E-state index in [4.69, 9.17) is 9.47 Å².